The summed E-state index contributed by atoms with van der Waals surface area (Å²) in [5.74, 6) is 0.540. The van der Waals surface area contributed by atoms with Crippen molar-refractivity contribution in [1.82, 2.24) is 5.16 Å². The second-order valence-electron chi connectivity index (χ2n) is 3.96. The van der Waals surface area contributed by atoms with Crippen molar-refractivity contribution in [2.75, 3.05) is 0 Å². The van der Waals surface area contributed by atoms with Crippen molar-refractivity contribution in [1.29, 1.82) is 0 Å². The highest BCUT2D eigenvalue weighted by molar-refractivity contribution is 5.79. The van der Waals surface area contributed by atoms with Crippen LogP contribution in [0.4, 0.5) is 0 Å². The zero-order chi connectivity index (χ0) is 10.7. The molecule has 1 atom stereocenters. The highest BCUT2D eigenvalue weighted by Gasteiger charge is 2.16. The lowest BCUT2D eigenvalue weighted by Crippen LogP contribution is -1.97. The maximum atomic E-state index is 5.33. The standard InChI is InChI=1S/C13H17NO/c1-3-7-10(4-2)13-11-8-5-6-9-12(11)15-14-13/h5-6,8-10H,3-4,7H2,1-2H3. The predicted octanol–water partition coefficient (Wildman–Crippen LogP) is 4.12. The molecule has 0 spiro atoms. The molecule has 15 heavy (non-hydrogen) atoms. The van der Waals surface area contributed by atoms with Gasteiger partial charge in [0.05, 0.1) is 5.69 Å². The van der Waals surface area contributed by atoms with Crippen LogP contribution >= 0.6 is 0 Å². The van der Waals surface area contributed by atoms with Crippen LogP contribution in [0.1, 0.15) is 44.7 Å². The van der Waals surface area contributed by atoms with Crippen LogP contribution in [0.15, 0.2) is 28.8 Å². The summed E-state index contributed by atoms with van der Waals surface area (Å²) < 4.78 is 5.33. The molecule has 0 radical (unpaired) electrons. The zero-order valence-corrected chi connectivity index (χ0v) is 9.36. The Morgan fingerprint density at radius 1 is 1.27 bits per heavy atom. The molecular weight excluding hydrogens is 186 g/mol. The normalized spacial score (nSPS) is 13.2. The average Bonchev–Trinajstić information content (AvgIpc) is 2.70. The van der Waals surface area contributed by atoms with Crippen LogP contribution in [0, 0.1) is 0 Å². The number of hydrogen-bond donors (Lipinski definition) is 0. The summed E-state index contributed by atoms with van der Waals surface area (Å²) in [6.07, 6.45) is 3.51. The number of fused-ring (bicyclic) bond motifs is 1. The Balaban J connectivity index is 2.41. The van der Waals surface area contributed by atoms with Crippen molar-refractivity contribution in [2.24, 2.45) is 0 Å². The van der Waals surface area contributed by atoms with E-state index in [1.807, 2.05) is 18.2 Å². The van der Waals surface area contributed by atoms with E-state index in [9.17, 15) is 0 Å². The minimum Gasteiger partial charge on any atom is -0.356 e. The van der Waals surface area contributed by atoms with Gasteiger partial charge < -0.3 is 4.52 Å². The lowest BCUT2D eigenvalue weighted by atomic mass is 9.95. The number of benzene rings is 1. The van der Waals surface area contributed by atoms with E-state index < -0.39 is 0 Å². The molecule has 0 aliphatic carbocycles. The number of nitrogens with zero attached hydrogens (tertiary/aromatic N) is 1. The first kappa shape index (κ1) is 10.2. The van der Waals surface area contributed by atoms with Gasteiger partial charge in [0.15, 0.2) is 5.58 Å². The number of para-hydroxylation sites is 1. The van der Waals surface area contributed by atoms with E-state index >= 15 is 0 Å². The highest BCUT2D eigenvalue weighted by Crippen LogP contribution is 2.29. The van der Waals surface area contributed by atoms with Crippen molar-refractivity contribution in [2.45, 2.75) is 39.0 Å². The fourth-order valence-corrected chi connectivity index (χ4v) is 2.08. The Morgan fingerprint density at radius 2 is 2.07 bits per heavy atom. The van der Waals surface area contributed by atoms with Crippen LogP contribution in [-0.4, -0.2) is 5.16 Å². The number of aromatic nitrogens is 1. The molecule has 0 bridgehead atoms. The monoisotopic (exact) mass is 203 g/mol. The molecule has 0 saturated heterocycles. The van der Waals surface area contributed by atoms with Gasteiger partial charge in [-0.25, -0.2) is 0 Å². The van der Waals surface area contributed by atoms with Gasteiger partial charge in [-0.15, -0.1) is 0 Å². The lowest BCUT2D eigenvalue weighted by molar-refractivity contribution is 0.429. The molecule has 2 rings (SSSR count). The van der Waals surface area contributed by atoms with Gasteiger partial charge in [-0.2, -0.15) is 0 Å². The van der Waals surface area contributed by atoms with Crippen molar-refractivity contribution in [3.05, 3.63) is 30.0 Å². The number of hydrogen-bond acceptors (Lipinski definition) is 2. The van der Waals surface area contributed by atoms with Gasteiger partial charge in [0, 0.05) is 11.3 Å². The minimum absolute atomic E-state index is 0.540. The van der Waals surface area contributed by atoms with Crippen LogP contribution in [0.3, 0.4) is 0 Å². The van der Waals surface area contributed by atoms with Crippen LogP contribution < -0.4 is 0 Å². The molecule has 0 aliphatic heterocycles. The molecule has 1 aromatic carbocycles. The summed E-state index contributed by atoms with van der Waals surface area (Å²) in [6.45, 7) is 4.43. The lowest BCUT2D eigenvalue weighted by Gasteiger charge is -2.09. The molecule has 2 nitrogen and oxygen atoms in total. The third kappa shape index (κ3) is 1.89. The SMILES string of the molecule is CCCC(CC)c1noc2ccccc12. The van der Waals surface area contributed by atoms with E-state index in [-0.39, 0.29) is 0 Å². The van der Waals surface area contributed by atoms with Gasteiger partial charge >= 0.3 is 0 Å². The fourth-order valence-electron chi connectivity index (χ4n) is 2.08. The van der Waals surface area contributed by atoms with E-state index in [2.05, 4.69) is 25.1 Å². The molecule has 2 aromatic rings. The largest absolute Gasteiger partial charge is 0.356 e. The summed E-state index contributed by atoms with van der Waals surface area (Å²) in [5.41, 5.74) is 2.04. The van der Waals surface area contributed by atoms with E-state index in [4.69, 9.17) is 4.52 Å². The smallest absolute Gasteiger partial charge is 0.167 e. The Kier molecular flexibility index (Phi) is 3.05. The minimum atomic E-state index is 0.540. The molecule has 0 N–H and O–H groups in total. The van der Waals surface area contributed by atoms with Gasteiger partial charge in [0.2, 0.25) is 0 Å². The fraction of sp³-hybridized carbons (Fsp3) is 0.462. The Bertz CT molecular complexity index is 433. The van der Waals surface area contributed by atoms with Crippen molar-refractivity contribution in [3.8, 4) is 0 Å². The van der Waals surface area contributed by atoms with Gasteiger partial charge in [-0.1, -0.05) is 37.6 Å². The maximum absolute atomic E-state index is 5.33. The molecule has 0 saturated carbocycles. The van der Waals surface area contributed by atoms with E-state index in [1.54, 1.807) is 0 Å². The maximum Gasteiger partial charge on any atom is 0.167 e. The first-order valence-corrected chi connectivity index (χ1v) is 5.71. The Hall–Kier alpha value is -1.31. The van der Waals surface area contributed by atoms with E-state index in [1.165, 1.54) is 18.2 Å². The molecule has 1 unspecified atom stereocenters. The molecule has 1 aromatic heterocycles. The molecule has 0 fully saturated rings. The average molecular weight is 203 g/mol. The summed E-state index contributed by atoms with van der Waals surface area (Å²) in [6, 6.07) is 8.10. The highest BCUT2D eigenvalue weighted by atomic mass is 16.5. The molecular formula is C13H17NO. The van der Waals surface area contributed by atoms with Crippen molar-refractivity contribution in [3.63, 3.8) is 0 Å². The van der Waals surface area contributed by atoms with Crippen LogP contribution in [-0.2, 0) is 0 Å². The third-order valence-corrected chi connectivity index (χ3v) is 2.92. The number of rotatable bonds is 4. The van der Waals surface area contributed by atoms with Crippen molar-refractivity contribution < 1.29 is 4.52 Å². The Morgan fingerprint density at radius 3 is 2.80 bits per heavy atom. The molecule has 1 heterocycles. The molecule has 0 aliphatic rings. The summed E-state index contributed by atoms with van der Waals surface area (Å²) in [4.78, 5) is 0. The first-order chi connectivity index (χ1) is 7.36. The zero-order valence-electron chi connectivity index (χ0n) is 9.36. The van der Waals surface area contributed by atoms with Crippen LogP contribution in [0.25, 0.3) is 11.0 Å². The van der Waals surface area contributed by atoms with Gasteiger partial charge in [0.1, 0.15) is 0 Å². The Labute approximate surface area is 90.3 Å². The molecule has 2 heteroatoms. The third-order valence-electron chi connectivity index (χ3n) is 2.92. The van der Waals surface area contributed by atoms with Gasteiger partial charge in [-0.3, -0.25) is 0 Å². The topological polar surface area (TPSA) is 26.0 Å². The second-order valence-corrected chi connectivity index (χ2v) is 3.96. The molecule has 0 amide bonds. The van der Waals surface area contributed by atoms with Crippen molar-refractivity contribution >= 4 is 11.0 Å². The molecule has 80 valence electrons. The summed E-state index contributed by atoms with van der Waals surface area (Å²) >= 11 is 0. The van der Waals surface area contributed by atoms with Gasteiger partial charge in [-0.05, 0) is 25.0 Å². The van der Waals surface area contributed by atoms with E-state index in [0.29, 0.717) is 5.92 Å². The van der Waals surface area contributed by atoms with Crippen LogP contribution in [0.2, 0.25) is 0 Å². The summed E-state index contributed by atoms with van der Waals surface area (Å²) in [7, 11) is 0. The quantitative estimate of drug-likeness (QED) is 0.747. The van der Waals surface area contributed by atoms with Gasteiger partial charge in [0.25, 0.3) is 0 Å². The first-order valence-electron chi connectivity index (χ1n) is 5.71. The predicted molar refractivity (Wildman–Crippen MR) is 61.9 cm³/mol. The van der Waals surface area contributed by atoms with Crippen LogP contribution in [0.5, 0.6) is 0 Å². The van der Waals surface area contributed by atoms with E-state index in [0.717, 1.165) is 17.7 Å². The second kappa shape index (κ2) is 4.47. The summed E-state index contributed by atoms with van der Waals surface area (Å²) in [5, 5.41) is 5.39.